The van der Waals surface area contributed by atoms with Gasteiger partial charge in [0.2, 0.25) is 5.91 Å². The number of ether oxygens (including phenoxy) is 1. The Kier molecular flexibility index (Phi) is 4.24. The van der Waals surface area contributed by atoms with Gasteiger partial charge in [-0.15, -0.1) is 0 Å². The number of hydrogen-bond acceptors (Lipinski definition) is 3. The molecule has 3 amide bonds. The lowest BCUT2D eigenvalue weighted by Crippen LogP contribution is -2.46. The minimum atomic E-state index is -0.504. The zero-order valence-electron chi connectivity index (χ0n) is 14.6. The molecule has 134 valence electrons. The smallest absolute Gasteiger partial charge is 0.318 e. The molecule has 1 fully saturated rings. The fraction of sp³-hybridized carbons (Fsp3) is 0.300. The van der Waals surface area contributed by atoms with Crippen molar-refractivity contribution in [3.8, 4) is 5.75 Å². The van der Waals surface area contributed by atoms with Crippen molar-refractivity contribution in [3.05, 3.63) is 59.7 Å². The Hall–Kier alpha value is -3.02. The molecule has 2 aliphatic heterocycles. The number of urea groups is 1. The van der Waals surface area contributed by atoms with E-state index in [4.69, 9.17) is 4.74 Å². The number of anilines is 1. The van der Waals surface area contributed by atoms with Gasteiger partial charge in [-0.1, -0.05) is 36.4 Å². The lowest BCUT2D eigenvalue weighted by atomic mass is 10.1. The molecule has 1 N–H and O–H groups in total. The number of fused-ring (bicyclic) bond motifs is 1. The van der Waals surface area contributed by atoms with Crippen LogP contribution in [0.15, 0.2) is 48.5 Å². The fourth-order valence-corrected chi connectivity index (χ4v) is 3.62. The number of rotatable bonds is 3. The van der Waals surface area contributed by atoms with E-state index in [1.807, 2.05) is 48.5 Å². The van der Waals surface area contributed by atoms with E-state index < -0.39 is 6.04 Å². The fourth-order valence-electron chi connectivity index (χ4n) is 3.62. The average Bonchev–Trinajstić information content (AvgIpc) is 3.26. The maximum atomic E-state index is 12.8. The molecule has 6 heteroatoms. The van der Waals surface area contributed by atoms with Gasteiger partial charge >= 0.3 is 6.03 Å². The Morgan fingerprint density at radius 3 is 2.42 bits per heavy atom. The highest BCUT2D eigenvalue weighted by Gasteiger charge is 2.36. The molecule has 4 rings (SSSR count). The Balaban J connectivity index is 1.42. The van der Waals surface area contributed by atoms with Crippen molar-refractivity contribution in [1.29, 1.82) is 0 Å². The van der Waals surface area contributed by atoms with E-state index in [9.17, 15) is 9.59 Å². The highest BCUT2D eigenvalue weighted by atomic mass is 16.5. The highest BCUT2D eigenvalue weighted by Crippen LogP contribution is 2.31. The summed E-state index contributed by atoms with van der Waals surface area (Å²) in [6.07, 6.45) is 0.587. The molecule has 2 aliphatic rings. The van der Waals surface area contributed by atoms with Crippen molar-refractivity contribution in [2.24, 2.45) is 0 Å². The Labute approximate surface area is 152 Å². The van der Waals surface area contributed by atoms with Crippen molar-refractivity contribution < 1.29 is 14.3 Å². The van der Waals surface area contributed by atoms with Gasteiger partial charge in [0.1, 0.15) is 11.8 Å². The molecule has 0 bridgehead atoms. The van der Waals surface area contributed by atoms with Gasteiger partial charge in [0, 0.05) is 19.6 Å². The number of nitrogens with one attached hydrogen (secondary N) is 1. The van der Waals surface area contributed by atoms with Gasteiger partial charge in [-0.05, 0) is 29.7 Å². The summed E-state index contributed by atoms with van der Waals surface area (Å²) in [7, 11) is 1.59. The monoisotopic (exact) mass is 351 g/mol. The topological polar surface area (TPSA) is 61.9 Å². The van der Waals surface area contributed by atoms with Crippen molar-refractivity contribution in [2.75, 3.05) is 18.6 Å². The van der Waals surface area contributed by atoms with Crippen molar-refractivity contribution in [2.45, 2.75) is 25.6 Å². The van der Waals surface area contributed by atoms with Crippen LogP contribution >= 0.6 is 0 Å². The van der Waals surface area contributed by atoms with Crippen LogP contribution in [0.1, 0.15) is 17.5 Å². The van der Waals surface area contributed by atoms with Crippen molar-refractivity contribution >= 4 is 17.6 Å². The zero-order chi connectivity index (χ0) is 18.1. The third-order valence-corrected chi connectivity index (χ3v) is 5.01. The van der Waals surface area contributed by atoms with Crippen LogP contribution in [0.5, 0.6) is 5.75 Å². The summed E-state index contributed by atoms with van der Waals surface area (Å²) in [5.41, 5.74) is 3.07. The largest absolute Gasteiger partial charge is 0.495 e. The molecule has 1 unspecified atom stereocenters. The molecule has 0 spiro atoms. The van der Waals surface area contributed by atoms with Gasteiger partial charge in [-0.2, -0.15) is 0 Å². The third-order valence-electron chi connectivity index (χ3n) is 5.01. The molecule has 0 radical (unpaired) electrons. The second-order valence-electron chi connectivity index (χ2n) is 6.58. The van der Waals surface area contributed by atoms with Crippen molar-refractivity contribution in [1.82, 2.24) is 10.2 Å². The first-order valence-electron chi connectivity index (χ1n) is 8.74. The van der Waals surface area contributed by atoms with Crippen LogP contribution in [-0.4, -0.2) is 36.5 Å². The van der Waals surface area contributed by atoms with Crippen LogP contribution in [0.4, 0.5) is 10.5 Å². The summed E-state index contributed by atoms with van der Waals surface area (Å²) < 4.78 is 5.35. The lowest BCUT2D eigenvalue weighted by Gasteiger charge is -2.21. The number of carbonyl (C=O) groups excluding carboxylic acids is 2. The summed E-state index contributed by atoms with van der Waals surface area (Å²) in [6, 6.07) is 14.8. The number of amides is 3. The van der Waals surface area contributed by atoms with E-state index in [0.29, 0.717) is 31.8 Å². The predicted octanol–water partition coefficient (Wildman–Crippen LogP) is 2.53. The first kappa shape index (κ1) is 16.4. The summed E-state index contributed by atoms with van der Waals surface area (Å²) in [6.45, 7) is 1.72. The number of benzene rings is 2. The second-order valence-corrected chi connectivity index (χ2v) is 6.58. The van der Waals surface area contributed by atoms with Crippen LogP contribution < -0.4 is 15.0 Å². The van der Waals surface area contributed by atoms with E-state index in [0.717, 1.165) is 16.8 Å². The SMILES string of the molecule is COc1ccccc1N1CCC(NC(=O)N2Cc3ccccc3C2)C1=O. The quantitative estimate of drug-likeness (QED) is 0.924. The van der Waals surface area contributed by atoms with Crippen LogP contribution in [-0.2, 0) is 17.9 Å². The minimum absolute atomic E-state index is 0.0976. The lowest BCUT2D eigenvalue weighted by molar-refractivity contribution is -0.118. The van der Waals surface area contributed by atoms with E-state index in [2.05, 4.69) is 5.32 Å². The number of carbonyl (C=O) groups is 2. The van der Waals surface area contributed by atoms with E-state index in [-0.39, 0.29) is 11.9 Å². The predicted molar refractivity (Wildman–Crippen MR) is 98.0 cm³/mol. The highest BCUT2D eigenvalue weighted by molar-refractivity contribution is 6.02. The molecule has 0 saturated carbocycles. The summed E-state index contributed by atoms with van der Waals surface area (Å²) in [5, 5.41) is 2.90. The number of methoxy groups -OCH3 is 1. The third kappa shape index (κ3) is 2.87. The molecule has 0 aromatic heterocycles. The molecule has 1 saturated heterocycles. The van der Waals surface area contributed by atoms with E-state index in [1.165, 1.54) is 0 Å². The Morgan fingerprint density at radius 2 is 1.73 bits per heavy atom. The second kappa shape index (κ2) is 6.71. The number of para-hydroxylation sites is 2. The van der Waals surface area contributed by atoms with Gasteiger partial charge in [0.15, 0.2) is 0 Å². The Morgan fingerprint density at radius 1 is 1.08 bits per heavy atom. The standard InChI is InChI=1S/C20H21N3O3/c1-26-18-9-5-4-8-17(18)23-11-10-16(19(23)24)21-20(25)22-12-14-6-2-3-7-15(14)13-22/h2-9,16H,10-13H2,1H3,(H,21,25). The van der Waals surface area contributed by atoms with Crippen LogP contribution in [0.2, 0.25) is 0 Å². The molecule has 2 heterocycles. The van der Waals surface area contributed by atoms with Gasteiger partial charge in [-0.3, -0.25) is 4.79 Å². The Bertz CT molecular complexity index is 827. The molecule has 2 aromatic rings. The van der Waals surface area contributed by atoms with E-state index in [1.54, 1.807) is 16.9 Å². The molecule has 0 aliphatic carbocycles. The van der Waals surface area contributed by atoms with Gasteiger partial charge in [-0.25, -0.2) is 4.79 Å². The first-order chi connectivity index (χ1) is 12.7. The number of nitrogens with zero attached hydrogens (tertiary/aromatic N) is 2. The van der Waals surface area contributed by atoms with Crippen molar-refractivity contribution in [3.63, 3.8) is 0 Å². The van der Waals surface area contributed by atoms with E-state index >= 15 is 0 Å². The van der Waals surface area contributed by atoms with Gasteiger partial charge in [0.25, 0.3) is 0 Å². The summed E-state index contributed by atoms with van der Waals surface area (Å²) >= 11 is 0. The summed E-state index contributed by atoms with van der Waals surface area (Å²) in [4.78, 5) is 28.8. The summed E-state index contributed by atoms with van der Waals surface area (Å²) in [5.74, 6) is 0.558. The molecular formula is C20H21N3O3. The van der Waals surface area contributed by atoms with Crippen LogP contribution in [0, 0.1) is 0 Å². The van der Waals surface area contributed by atoms with Crippen LogP contribution in [0.25, 0.3) is 0 Å². The maximum Gasteiger partial charge on any atom is 0.318 e. The molecular weight excluding hydrogens is 330 g/mol. The van der Waals surface area contributed by atoms with Gasteiger partial charge in [0.05, 0.1) is 12.8 Å². The molecule has 6 nitrogen and oxygen atoms in total. The molecule has 2 aromatic carbocycles. The normalized spacial score (nSPS) is 18.8. The minimum Gasteiger partial charge on any atom is -0.495 e. The number of hydrogen-bond donors (Lipinski definition) is 1. The molecule has 1 atom stereocenters. The zero-order valence-corrected chi connectivity index (χ0v) is 14.6. The van der Waals surface area contributed by atoms with Gasteiger partial charge < -0.3 is 19.9 Å². The first-order valence-corrected chi connectivity index (χ1v) is 8.74. The maximum absolute atomic E-state index is 12.8. The average molecular weight is 351 g/mol. The van der Waals surface area contributed by atoms with Crippen LogP contribution in [0.3, 0.4) is 0 Å². The molecule has 26 heavy (non-hydrogen) atoms.